The molecule has 1 aromatic heterocycles. The van der Waals surface area contributed by atoms with Crippen LogP contribution in [0.15, 0.2) is 176 Å². The van der Waals surface area contributed by atoms with Crippen molar-refractivity contribution >= 4 is 40.0 Å². The number of hydrogen-bond donors (Lipinski definition) is 0. The van der Waals surface area contributed by atoms with Gasteiger partial charge in [-0.1, -0.05) is 177 Å². The Hall–Kier alpha value is -6.49. The van der Waals surface area contributed by atoms with E-state index in [0.717, 1.165) is 33.4 Å². The van der Waals surface area contributed by atoms with Gasteiger partial charge in [0.05, 0.1) is 0 Å². The highest BCUT2D eigenvalue weighted by Gasteiger charge is 2.39. The van der Waals surface area contributed by atoms with Crippen LogP contribution in [0.3, 0.4) is 0 Å². The first-order chi connectivity index (χ1) is 26.0. The van der Waals surface area contributed by atoms with E-state index in [4.69, 9.17) is 15.0 Å². The molecule has 4 heteroatoms. The van der Waals surface area contributed by atoms with Crippen LogP contribution >= 0.6 is 0 Å². The van der Waals surface area contributed by atoms with Crippen molar-refractivity contribution in [2.24, 2.45) is 0 Å². The Balaban J connectivity index is 1.10. The minimum absolute atomic E-state index is 0.659. The SMILES string of the molecule is C[Si]1(C)c2cc(-c3nc(-c4ccc(-c5ccc6ccccc6c5)cc4)nc(-c4cccc(-c5ccccc5)c4)n3)ccc2-c2ccc3ccccc3c21. The zero-order valence-electron chi connectivity index (χ0n) is 29.6. The third kappa shape index (κ3) is 5.38. The maximum absolute atomic E-state index is 5.19. The van der Waals surface area contributed by atoms with Gasteiger partial charge in [0.1, 0.15) is 8.07 Å². The average molecular weight is 694 g/mol. The Morgan fingerprint density at radius 2 is 0.849 bits per heavy atom. The summed E-state index contributed by atoms with van der Waals surface area (Å²) in [5.74, 6) is 2.00. The molecule has 3 nitrogen and oxygen atoms in total. The van der Waals surface area contributed by atoms with Crippen LogP contribution in [0.1, 0.15) is 0 Å². The van der Waals surface area contributed by atoms with Crippen LogP contribution in [-0.2, 0) is 0 Å². The van der Waals surface area contributed by atoms with Gasteiger partial charge in [0.15, 0.2) is 17.5 Å². The van der Waals surface area contributed by atoms with E-state index < -0.39 is 8.07 Å². The Bertz CT molecular complexity index is 2860. The van der Waals surface area contributed by atoms with Gasteiger partial charge in [-0.3, -0.25) is 0 Å². The van der Waals surface area contributed by atoms with Crippen molar-refractivity contribution < 1.29 is 0 Å². The molecule has 0 N–H and O–H groups in total. The van der Waals surface area contributed by atoms with E-state index in [-0.39, 0.29) is 0 Å². The molecule has 0 fully saturated rings. The van der Waals surface area contributed by atoms with Crippen LogP contribution in [0.5, 0.6) is 0 Å². The van der Waals surface area contributed by atoms with Crippen molar-refractivity contribution in [3.63, 3.8) is 0 Å². The number of hydrogen-bond acceptors (Lipinski definition) is 3. The number of benzene rings is 8. The summed E-state index contributed by atoms with van der Waals surface area (Å²) in [6, 6.07) is 62.9. The molecular formula is C49H35N3Si. The van der Waals surface area contributed by atoms with Crippen molar-refractivity contribution in [3.05, 3.63) is 176 Å². The molecule has 0 bridgehead atoms. The van der Waals surface area contributed by atoms with Crippen LogP contribution in [0, 0.1) is 0 Å². The Morgan fingerprint density at radius 3 is 1.64 bits per heavy atom. The van der Waals surface area contributed by atoms with Gasteiger partial charge in [-0.2, -0.15) is 0 Å². The highest BCUT2D eigenvalue weighted by atomic mass is 28.3. The van der Waals surface area contributed by atoms with Crippen LogP contribution in [0.2, 0.25) is 13.1 Å². The second-order valence-corrected chi connectivity index (χ2v) is 18.8. The maximum atomic E-state index is 5.19. The van der Waals surface area contributed by atoms with Gasteiger partial charge in [-0.15, -0.1) is 0 Å². The third-order valence-corrected chi connectivity index (χ3v) is 14.4. The molecule has 53 heavy (non-hydrogen) atoms. The molecule has 8 aromatic carbocycles. The molecule has 0 radical (unpaired) electrons. The predicted octanol–water partition coefficient (Wildman–Crippen LogP) is 11.3. The number of fused-ring (bicyclic) bond motifs is 6. The fourth-order valence-corrected chi connectivity index (χ4v) is 11.6. The molecule has 0 unspecified atom stereocenters. The maximum Gasteiger partial charge on any atom is 0.164 e. The summed E-state index contributed by atoms with van der Waals surface area (Å²) < 4.78 is 0. The third-order valence-electron chi connectivity index (χ3n) is 10.9. The zero-order chi connectivity index (χ0) is 35.5. The van der Waals surface area contributed by atoms with Gasteiger partial charge in [-0.25, -0.2) is 15.0 Å². The summed E-state index contributed by atoms with van der Waals surface area (Å²) in [6.45, 7) is 4.95. The van der Waals surface area contributed by atoms with Gasteiger partial charge in [-0.05, 0) is 77.4 Å². The highest BCUT2D eigenvalue weighted by molar-refractivity contribution is 7.05. The first-order valence-corrected chi connectivity index (χ1v) is 21.2. The van der Waals surface area contributed by atoms with E-state index in [2.05, 4.69) is 183 Å². The summed E-state index contributed by atoms with van der Waals surface area (Å²) in [4.78, 5) is 15.5. The van der Waals surface area contributed by atoms with Gasteiger partial charge in [0, 0.05) is 16.7 Å². The smallest absolute Gasteiger partial charge is 0.164 e. The van der Waals surface area contributed by atoms with E-state index in [1.807, 2.05) is 6.07 Å². The quantitative estimate of drug-likeness (QED) is 0.168. The molecule has 10 rings (SSSR count). The Morgan fingerprint density at radius 1 is 0.340 bits per heavy atom. The monoisotopic (exact) mass is 693 g/mol. The summed E-state index contributed by atoms with van der Waals surface area (Å²) in [5, 5.41) is 8.09. The van der Waals surface area contributed by atoms with E-state index in [0.29, 0.717) is 17.5 Å². The largest absolute Gasteiger partial charge is 0.208 e. The molecule has 0 spiro atoms. The first-order valence-electron chi connectivity index (χ1n) is 18.2. The summed E-state index contributed by atoms with van der Waals surface area (Å²) in [6.07, 6.45) is 0. The lowest BCUT2D eigenvalue weighted by Gasteiger charge is -2.21. The molecule has 0 saturated carbocycles. The van der Waals surface area contributed by atoms with Crippen molar-refractivity contribution in [1.82, 2.24) is 15.0 Å². The topological polar surface area (TPSA) is 38.7 Å². The normalized spacial score (nSPS) is 12.9. The van der Waals surface area contributed by atoms with Gasteiger partial charge >= 0.3 is 0 Å². The van der Waals surface area contributed by atoms with E-state index in [9.17, 15) is 0 Å². The summed E-state index contributed by atoms with van der Waals surface area (Å²) in [5.41, 5.74) is 10.2. The van der Waals surface area contributed by atoms with Crippen LogP contribution in [0.25, 0.3) is 89.1 Å². The van der Waals surface area contributed by atoms with Crippen LogP contribution < -0.4 is 10.4 Å². The second-order valence-electron chi connectivity index (χ2n) is 14.5. The molecule has 0 saturated heterocycles. The first kappa shape index (κ1) is 31.3. The zero-order valence-corrected chi connectivity index (χ0v) is 30.6. The van der Waals surface area contributed by atoms with Crippen molar-refractivity contribution in [3.8, 4) is 67.5 Å². The molecule has 0 amide bonds. The molecule has 0 aliphatic carbocycles. The Labute approximate surface area is 310 Å². The number of nitrogens with zero attached hydrogens (tertiary/aromatic N) is 3. The average Bonchev–Trinajstić information content (AvgIpc) is 3.46. The molecule has 0 atom stereocenters. The predicted molar refractivity (Wildman–Crippen MR) is 224 cm³/mol. The van der Waals surface area contributed by atoms with Gasteiger partial charge in [0.2, 0.25) is 0 Å². The minimum atomic E-state index is -2.04. The molecule has 9 aromatic rings. The molecular weight excluding hydrogens is 659 g/mol. The standard InChI is InChI=1S/C49H35N3Si/c1-53(2)45-31-41(26-27-43(45)44-28-25-35-14-8-9-18-42(35)46(44)53)49-51-47(50-48(52-49)40-17-10-16-38(30-40)32-11-4-3-5-12-32)36-22-19-34(20-23-36)39-24-21-33-13-6-7-15-37(33)29-39/h3-31H,1-2H3. The molecule has 250 valence electrons. The minimum Gasteiger partial charge on any atom is -0.208 e. The molecule has 1 aliphatic heterocycles. The van der Waals surface area contributed by atoms with E-state index in [1.165, 1.54) is 48.6 Å². The summed E-state index contributed by atoms with van der Waals surface area (Å²) >= 11 is 0. The summed E-state index contributed by atoms with van der Waals surface area (Å²) in [7, 11) is -2.04. The Kier molecular flexibility index (Phi) is 7.27. The van der Waals surface area contributed by atoms with Crippen LogP contribution in [-0.4, -0.2) is 23.0 Å². The van der Waals surface area contributed by atoms with E-state index in [1.54, 1.807) is 0 Å². The number of aromatic nitrogens is 3. The van der Waals surface area contributed by atoms with Crippen LogP contribution in [0.4, 0.5) is 0 Å². The molecule has 2 heterocycles. The fraction of sp³-hybridized carbons (Fsp3) is 0.0408. The molecule has 1 aliphatic rings. The lowest BCUT2D eigenvalue weighted by Crippen LogP contribution is -2.49. The van der Waals surface area contributed by atoms with Gasteiger partial charge in [0.25, 0.3) is 0 Å². The second kappa shape index (κ2) is 12.3. The van der Waals surface area contributed by atoms with E-state index >= 15 is 0 Å². The van der Waals surface area contributed by atoms with Gasteiger partial charge < -0.3 is 0 Å². The van der Waals surface area contributed by atoms with Crippen molar-refractivity contribution in [1.29, 1.82) is 0 Å². The number of rotatable bonds is 5. The lowest BCUT2D eigenvalue weighted by atomic mass is 10.00. The van der Waals surface area contributed by atoms with Crippen molar-refractivity contribution in [2.75, 3.05) is 0 Å². The van der Waals surface area contributed by atoms with Crippen molar-refractivity contribution in [2.45, 2.75) is 13.1 Å². The fourth-order valence-electron chi connectivity index (χ4n) is 8.15. The lowest BCUT2D eigenvalue weighted by molar-refractivity contribution is 1.07. The highest BCUT2D eigenvalue weighted by Crippen LogP contribution is 2.35.